The van der Waals surface area contributed by atoms with E-state index in [1.807, 2.05) is 0 Å². The van der Waals surface area contributed by atoms with Crippen molar-refractivity contribution >= 4 is 50.4 Å². The molecule has 2 aromatic rings. The van der Waals surface area contributed by atoms with Crippen LogP contribution >= 0.6 is 22.9 Å². The number of thiazole rings is 1. The number of carbonyl (C=O) groups is 1. The van der Waals surface area contributed by atoms with Crippen molar-refractivity contribution in [2.24, 2.45) is 5.73 Å². The summed E-state index contributed by atoms with van der Waals surface area (Å²) in [7, 11) is -3.72. The number of urea groups is 1. The van der Waals surface area contributed by atoms with Gasteiger partial charge in [-0.1, -0.05) is 22.9 Å². The summed E-state index contributed by atoms with van der Waals surface area (Å²) in [5.41, 5.74) is 5.76. The first kappa shape index (κ1) is 14.6. The van der Waals surface area contributed by atoms with Crippen molar-refractivity contribution < 1.29 is 13.2 Å². The van der Waals surface area contributed by atoms with Crippen LogP contribution in [0, 0.1) is 0 Å². The lowest BCUT2D eigenvalue weighted by molar-refractivity contribution is 0.259. The van der Waals surface area contributed by atoms with Gasteiger partial charge in [0.15, 0.2) is 8.68 Å². The normalized spacial score (nSPS) is 11.1. The highest BCUT2D eigenvalue weighted by Gasteiger charge is 2.17. The van der Waals surface area contributed by atoms with Gasteiger partial charge in [0.05, 0.1) is 6.20 Å². The Balaban J connectivity index is 2.15. The lowest BCUT2D eigenvalue weighted by Gasteiger charge is -2.07. The fourth-order valence-electron chi connectivity index (χ4n) is 1.33. The van der Waals surface area contributed by atoms with Crippen molar-refractivity contribution in [3.05, 3.63) is 34.9 Å². The number of amides is 2. The average molecular weight is 333 g/mol. The molecule has 0 spiro atoms. The summed E-state index contributed by atoms with van der Waals surface area (Å²) in [6.45, 7) is 0. The fraction of sp³-hybridized carbons (Fsp3) is 0. The number of rotatable bonds is 4. The molecule has 20 heavy (non-hydrogen) atoms. The van der Waals surface area contributed by atoms with Gasteiger partial charge < -0.3 is 11.1 Å². The van der Waals surface area contributed by atoms with E-state index in [1.54, 1.807) is 0 Å². The lowest BCUT2D eigenvalue weighted by atomic mass is 10.3. The molecular weight excluding hydrogens is 324 g/mol. The molecular formula is C10H9ClN4O3S2. The number of aromatic nitrogens is 1. The van der Waals surface area contributed by atoms with Crippen molar-refractivity contribution in [2.45, 2.75) is 4.21 Å². The number of primary amides is 1. The van der Waals surface area contributed by atoms with Crippen LogP contribution in [-0.2, 0) is 10.0 Å². The SMILES string of the molecule is NC(=O)Nc1ccc(NS(=O)(=O)c2cnc(Cl)s2)cc1. The number of hydrogen-bond acceptors (Lipinski definition) is 5. The molecule has 0 aliphatic carbocycles. The van der Waals surface area contributed by atoms with E-state index in [9.17, 15) is 13.2 Å². The number of sulfonamides is 1. The maximum Gasteiger partial charge on any atom is 0.316 e. The molecule has 2 amide bonds. The van der Waals surface area contributed by atoms with E-state index in [-0.39, 0.29) is 8.68 Å². The van der Waals surface area contributed by atoms with Crippen molar-refractivity contribution in [3.63, 3.8) is 0 Å². The van der Waals surface area contributed by atoms with Crippen molar-refractivity contribution in [3.8, 4) is 0 Å². The molecule has 1 aromatic heterocycles. The van der Waals surface area contributed by atoms with Gasteiger partial charge in [-0.05, 0) is 24.3 Å². The Morgan fingerprint density at radius 1 is 1.25 bits per heavy atom. The molecule has 0 saturated carbocycles. The van der Waals surface area contributed by atoms with Gasteiger partial charge in [-0.25, -0.2) is 18.2 Å². The van der Waals surface area contributed by atoms with Crippen LogP contribution in [0.25, 0.3) is 0 Å². The van der Waals surface area contributed by atoms with Gasteiger partial charge in [-0.15, -0.1) is 0 Å². The summed E-state index contributed by atoms with van der Waals surface area (Å²) in [5, 5.41) is 2.37. The summed E-state index contributed by atoms with van der Waals surface area (Å²) in [6.07, 6.45) is 1.18. The second kappa shape index (κ2) is 5.65. The van der Waals surface area contributed by atoms with Crippen LogP contribution in [0.1, 0.15) is 0 Å². The van der Waals surface area contributed by atoms with Gasteiger partial charge in [-0.3, -0.25) is 4.72 Å². The van der Waals surface area contributed by atoms with Crippen LogP contribution in [0.15, 0.2) is 34.7 Å². The number of nitrogens with zero attached hydrogens (tertiary/aromatic N) is 1. The minimum Gasteiger partial charge on any atom is -0.351 e. The number of halogens is 1. The molecule has 0 aliphatic rings. The molecule has 10 heteroatoms. The molecule has 0 fully saturated rings. The first-order chi connectivity index (χ1) is 9.37. The van der Waals surface area contributed by atoms with Crippen LogP contribution < -0.4 is 15.8 Å². The third kappa shape index (κ3) is 3.59. The van der Waals surface area contributed by atoms with Gasteiger partial charge in [-0.2, -0.15) is 0 Å². The van der Waals surface area contributed by atoms with Crippen molar-refractivity contribution in [1.82, 2.24) is 4.98 Å². The standard InChI is InChI=1S/C10H9ClN4O3S2/c11-9-13-5-8(19-9)20(17,18)15-7-3-1-6(2-4-7)14-10(12)16/h1-5,15H,(H3,12,14,16). The first-order valence-electron chi connectivity index (χ1n) is 5.17. The number of nitrogens with two attached hydrogens (primary N) is 1. The first-order valence-corrected chi connectivity index (χ1v) is 7.85. The van der Waals surface area contributed by atoms with E-state index < -0.39 is 16.1 Å². The Hall–Kier alpha value is -1.84. The number of hydrogen-bond donors (Lipinski definition) is 3. The molecule has 0 aliphatic heterocycles. The minimum absolute atomic E-state index is 0.0156. The molecule has 0 saturated heterocycles. The zero-order valence-corrected chi connectivity index (χ0v) is 12.2. The molecule has 0 atom stereocenters. The zero-order valence-electron chi connectivity index (χ0n) is 9.83. The van der Waals surface area contributed by atoms with Crippen molar-refractivity contribution in [2.75, 3.05) is 10.0 Å². The molecule has 0 bridgehead atoms. The third-order valence-electron chi connectivity index (χ3n) is 2.13. The van der Waals surface area contributed by atoms with Gasteiger partial charge in [0, 0.05) is 11.4 Å². The van der Waals surface area contributed by atoms with E-state index >= 15 is 0 Å². The van der Waals surface area contributed by atoms with Crippen LogP contribution in [0.4, 0.5) is 16.2 Å². The second-order valence-corrected chi connectivity index (χ2v) is 7.13. The van der Waals surface area contributed by atoms with Gasteiger partial charge >= 0.3 is 6.03 Å². The Bertz CT molecular complexity index is 727. The third-order valence-corrected chi connectivity index (χ3v) is 5.08. The van der Waals surface area contributed by atoms with E-state index in [0.29, 0.717) is 11.4 Å². The van der Waals surface area contributed by atoms with E-state index in [0.717, 1.165) is 11.3 Å². The molecule has 1 heterocycles. The predicted molar refractivity (Wildman–Crippen MR) is 77.6 cm³/mol. The largest absolute Gasteiger partial charge is 0.351 e. The summed E-state index contributed by atoms with van der Waals surface area (Å²) in [6, 6.07) is 5.32. The molecule has 7 nitrogen and oxygen atoms in total. The van der Waals surface area contributed by atoms with Gasteiger partial charge in [0.2, 0.25) is 0 Å². The monoisotopic (exact) mass is 332 g/mol. The fourth-order valence-corrected chi connectivity index (χ4v) is 3.68. The molecule has 2 rings (SSSR count). The molecule has 1 aromatic carbocycles. The van der Waals surface area contributed by atoms with E-state index in [2.05, 4.69) is 15.0 Å². The van der Waals surface area contributed by atoms with E-state index in [4.69, 9.17) is 17.3 Å². The average Bonchev–Trinajstić information content (AvgIpc) is 2.78. The maximum atomic E-state index is 12.0. The highest BCUT2D eigenvalue weighted by molar-refractivity contribution is 7.94. The second-order valence-electron chi connectivity index (χ2n) is 3.60. The molecule has 0 unspecified atom stereocenters. The quantitative estimate of drug-likeness (QED) is 0.795. The molecule has 0 radical (unpaired) electrons. The Labute approximate surface area is 123 Å². The number of benzene rings is 1. The summed E-state index contributed by atoms with van der Waals surface area (Å²) in [5.74, 6) is 0. The Morgan fingerprint density at radius 2 is 1.85 bits per heavy atom. The summed E-state index contributed by atoms with van der Waals surface area (Å²) >= 11 is 6.46. The maximum absolute atomic E-state index is 12.0. The zero-order chi connectivity index (χ0) is 14.8. The van der Waals surface area contributed by atoms with Crippen LogP contribution in [0.5, 0.6) is 0 Å². The van der Waals surface area contributed by atoms with Crippen LogP contribution in [0.3, 0.4) is 0 Å². The highest BCUT2D eigenvalue weighted by atomic mass is 35.5. The van der Waals surface area contributed by atoms with Gasteiger partial charge in [0.1, 0.15) is 0 Å². The van der Waals surface area contributed by atoms with E-state index in [1.165, 1.54) is 30.5 Å². The topological polar surface area (TPSA) is 114 Å². The van der Waals surface area contributed by atoms with Crippen LogP contribution in [-0.4, -0.2) is 19.4 Å². The predicted octanol–water partition coefficient (Wildman–Crippen LogP) is 2.09. The minimum atomic E-state index is -3.72. The lowest BCUT2D eigenvalue weighted by Crippen LogP contribution is -2.19. The van der Waals surface area contributed by atoms with Crippen LogP contribution in [0.2, 0.25) is 4.47 Å². The number of anilines is 2. The Morgan fingerprint density at radius 3 is 2.35 bits per heavy atom. The smallest absolute Gasteiger partial charge is 0.316 e. The Kier molecular flexibility index (Phi) is 4.12. The highest BCUT2D eigenvalue weighted by Crippen LogP contribution is 2.25. The van der Waals surface area contributed by atoms with Crippen molar-refractivity contribution in [1.29, 1.82) is 0 Å². The summed E-state index contributed by atoms with van der Waals surface area (Å²) in [4.78, 5) is 14.3. The molecule has 106 valence electrons. The molecule has 4 N–H and O–H groups in total. The summed E-state index contributed by atoms with van der Waals surface area (Å²) < 4.78 is 26.5. The van der Waals surface area contributed by atoms with Gasteiger partial charge in [0.25, 0.3) is 10.0 Å². The number of nitrogens with one attached hydrogen (secondary N) is 2. The number of carbonyl (C=O) groups excluding carboxylic acids is 1.